The smallest absolute Gasteiger partial charge is 0.144 e. The Morgan fingerprint density at radius 2 is 2.20 bits per heavy atom. The van der Waals surface area contributed by atoms with E-state index in [1.165, 1.54) is 12.8 Å². The molecule has 0 radical (unpaired) electrons. The Bertz CT molecular complexity index is 350. The molecule has 0 saturated heterocycles. The predicted molar refractivity (Wildman–Crippen MR) is 62.4 cm³/mol. The van der Waals surface area contributed by atoms with Gasteiger partial charge in [0.1, 0.15) is 5.82 Å². The summed E-state index contributed by atoms with van der Waals surface area (Å²) in [5.74, 6) is 1.53. The summed E-state index contributed by atoms with van der Waals surface area (Å²) in [5, 5.41) is 3.46. The summed E-state index contributed by atoms with van der Waals surface area (Å²) in [6.45, 7) is 4.71. The molecule has 82 valence electrons. The number of nitrogens with one attached hydrogen (secondary N) is 1. The van der Waals surface area contributed by atoms with Crippen LogP contribution in [0.4, 0.5) is 5.82 Å². The molecule has 0 spiro atoms. The van der Waals surface area contributed by atoms with Crippen LogP contribution in [0.3, 0.4) is 0 Å². The number of hydrogen-bond donors (Lipinski definition) is 1. The molecule has 1 atom stereocenters. The number of aromatic nitrogens is 2. The van der Waals surface area contributed by atoms with Crippen LogP contribution < -0.4 is 5.32 Å². The Morgan fingerprint density at radius 3 is 2.80 bits per heavy atom. The number of aryl methyl sites for hydroxylation is 2. The van der Waals surface area contributed by atoms with Crippen LogP contribution in [0, 0.1) is 19.8 Å². The molecule has 0 aromatic carbocycles. The molecule has 2 rings (SSSR count). The summed E-state index contributed by atoms with van der Waals surface area (Å²) >= 11 is 6.19. The van der Waals surface area contributed by atoms with Crippen LogP contribution in [0.2, 0.25) is 0 Å². The highest BCUT2D eigenvalue weighted by atomic mass is 35.5. The molecule has 15 heavy (non-hydrogen) atoms. The topological polar surface area (TPSA) is 37.8 Å². The lowest BCUT2D eigenvalue weighted by molar-refractivity contribution is 0.767. The van der Waals surface area contributed by atoms with E-state index in [9.17, 15) is 0 Å². The second-order valence-corrected chi connectivity index (χ2v) is 4.72. The van der Waals surface area contributed by atoms with Crippen LogP contribution in [0.1, 0.15) is 24.2 Å². The fourth-order valence-corrected chi connectivity index (χ4v) is 1.78. The van der Waals surface area contributed by atoms with Gasteiger partial charge in [-0.05, 0) is 32.6 Å². The molecule has 0 amide bonds. The molecule has 1 heterocycles. The van der Waals surface area contributed by atoms with Gasteiger partial charge in [0, 0.05) is 6.54 Å². The van der Waals surface area contributed by atoms with Crippen LogP contribution in [-0.4, -0.2) is 21.9 Å². The van der Waals surface area contributed by atoms with Gasteiger partial charge in [-0.25, -0.2) is 4.98 Å². The Balaban J connectivity index is 1.89. The maximum Gasteiger partial charge on any atom is 0.144 e. The summed E-state index contributed by atoms with van der Waals surface area (Å²) in [6.07, 6.45) is 4.31. The van der Waals surface area contributed by atoms with E-state index in [2.05, 4.69) is 15.3 Å². The van der Waals surface area contributed by atoms with Gasteiger partial charge in [-0.3, -0.25) is 4.98 Å². The molecule has 1 aliphatic carbocycles. The fourth-order valence-electron chi connectivity index (χ4n) is 1.45. The second kappa shape index (κ2) is 4.35. The number of halogens is 1. The van der Waals surface area contributed by atoms with Gasteiger partial charge in [-0.1, -0.05) is 0 Å². The minimum absolute atomic E-state index is 0.230. The van der Waals surface area contributed by atoms with Crippen molar-refractivity contribution in [2.24, 2.45) is 5.92 Å². The molecule has 1 aromatic rings. The number of alkyl halides is 1. The Hall–Kier alpha value is -0.830. The zero-order valence-electron chi connectivity index (χ0n) is 9.13. The molecular formula is C11H16ClN3. The van der Waals surface area contributed by atoms with E-state index in [-0.39, 0.29) is 5.38 Å². The van der Waals surface area contributed by atoms with E-state index in [0.29, 0.717) is 5.92 Å². The minimum atomic E-state index is 0.230. The number of rotatable bonds is 4. The molecule has 1 fully saturated rings. The molecule has 3 nitrogen and oxygen atoms in total. The molecule has 0 bridgehead atoms. The Kier molecular flexibility index (Phi) is 3.10. The van der Waals surface area contributed by atoms with Crippen molar-refractivity contribution in [3.8, 4) is 0 Å². The van der Waals surface area contributed by atoms with Gasteiger partial charge in [-0.2, -0.15) is 0 Å². The minimum Gasteiger partial charge on any atom is -0.367 e. The van der Waals surface area contributed by atoms with Gasteiger partial charge in [0.25, 0.3) is 0 Å². The van der Waals surface area contributed by atoms with Gasteiger partial charge in [0.15, 0.2) is 0 Å². The number of hydrogen-bond acceptors (Lipinski definition) is 3. The highest BCUT2D eigenvalue weighted by Gasteiger charge is 2.29. The zero-order valence-corrected chi connectivity index (χ0v) is 9.88. The molecule has 1 saturated carbocycles. The molecule has 1 unspecified atom stereocenters. The third-order valence-corrected chi connectivity index (χ3v) is 3.31. The Morgan fingerprint density at radius 1 is 1.47 bits per heavy atom. The maximum atomic E-state index is 6.19. The van der Waals surface area contributed by atoms with Crippen molar-refractivity contribution in [1.29, 1.82) is 0 Å². The van der Waals surface area contributed by atoms with Gasteiger partial charge >= 0.3 is 0 Å². The first-order valence-electron chi connectivity index (χ1n) is 5.35. The SMILES string of the molecule is Cc1ncc(NCC(Cl)C2CC2)nc1C. The van der Waals surface area contributed by atoms with Crippen molar-refractivity contribution in [3.63, 3.8) is 0 Å². The van der Waals surface area contributed by atoms with Crippen molar-refractivity contribution < 1.29 is 0 Å². The van der Waals surface area contributed by atoms with Crippen LogP contribution >= 0.6 is 11.6 Å². The second-order valence-electron chi connectivity index (χ2n) is 4.16. The quantitative estimate of drug-likeness (QED) is 0.801. The van der Waals surface area contributed by atoms with E-state index >= 15 is 0 Å². The lowest BCUT2D eigenvalue weighted by Crippen LogP contribution is -2.17. The van der Waals surface area contributed by atoms with E-state index < -0.39 is 0 Å². The predicted octanol–water partition coefficient (Wildman–Crippen LogP) is 2.52. The van der Waals surface area contributed by atoms with E-state index in [1.54, 1.807) is 6.20 Å². The lowest BCUT2D eigenvalue weighted by atomic mass is 10.3. The summed E-state index contributed by atoms with van der Waals surface area (Å²) in [7, 11) is 0. The summed E-state index contributed by atoms with van der Waals surface area (Å²) in [4.78, 5) is 8.64. The average molecular weight is 226 g/mol. The first-order chi connectivity index (χ1) is 7.16. The van der Waals surface area contributed by atoms with Crippen LogP contribution in [-0.2, 0) is 0 Å². The first-order valence-corrected chi connectivity index (χ1v) is 5.78. The van der Waals surface area contributed by atoms with Crippen molar-refractivity contribution in [3.05, 3.63) is 17.6 Å². The summed E-state index contributed by atoms with van der Waals surface area (Å²) < 4.78 is 0. The number of anilines is 1. The zero-order chi connectivity index (χ0) is 10.8. The first kappa shape index (κ1) is 10.7. The van der Waals surface area contributed by atoms with Crippen LogP contribution in [0.25, 0.3) is 0 Å². The Labute approximate surface area is 95.3 Å². The van der Waals surface area contributed by atoms with E-state index in [1.807, 2.05) is 13.8 Å². The molecule has 1 aromatic heterocycles. The fraction of sp³-hybridized carbons (Fsp3) is 0.636. The monoisotopic (exact) mass is 225 g/mol. The van der Waals surface area contributed by atoms with Crippen LogP contribution in [0.5, 0.6) is 0 Å². The van der Waals surface area contributed by atoms with Crippen molar-refractivity contribution >= 4 is 17.4 Å². The largest absolute Gasteiger partial charge is 0.367 e. The third kappa shape index (κ3) is 2.81. The maximum absolute atomic E-state index is 6.19. The molecular weight excluding hydrogens is 210 g/mol. The molecule has 1 aliphatic rings. The van der Waals surface area contributed by atoms with E-state index in [4.69, 9.17) is 11.6 Å². The summed E-state index contributed by atoms with van der Waals surface area (Å²) in [5.41, 5.74) is 1.95. The average Bonchev–Trinajstić information content (AvgIpc) is 3.03. The van der Waals surface area contributed by atoms with Crippen molar-refractivity contribution in [2.45, 2.75) is 32.1 Å². The summed E-state index contributed by atoms with van der Waals surface area (Å²) in [6, 6.07) is 0. The standard InChI is InChI=1S/C11H16ClN3/c1-7-8(2)15-11(6-13-7)14-5-10(12)9-3-4-9/h6,9-10H,3-5H2,1-2H3,(H,14,15). The van der Waals surface area contributed by atoms with Crippen molar-refractivity contribution in [1.82, 2.24) is 9.97 Å². The van der Waals surface area contributed by atoms with Gasteiger partial charge in [-0.15, -0.1) is 11.6 Å². The van der Waals surface area contributed by atoms with Gasteiger partial charge in [0.2, 0.25) is 0 Å². The normalized spacial score (nSPS) is 17.5. The van der Waals surface area contributed by atoms with E-state index in [0.717, 1.165) is 23.8 Å². The highest BCUT2D eigenvalue weighted by molar-refractivity contribution is 6.21. The number of nitrogens with zero attached hydrogens (tertiary/aromatic N) is 2. The third-order valence-electron chi connectivity index (χ3n) is 2.80. The molecule has 1 N–H and O–H groups in total. The lowest BCUT2D eigenvalue weighted by Gasteiger charge is -2.10. The van der Waals surface area contributed by atoms with Gasteiger partial charge in [0.05, 0.1) is 23.0 Å². The molecule has 4 heteroatoms. The van der Waals surface area contributed by atoms with Crippen molar-refractivity contribution in [2.75, 3.05) is 11.9 Å². The highest BCUT2D eigenvalue weighted by Crippen LogP contribution is 2.35. The van der Waals surface area contributed by atoms with Crippen LogP contribution in [0.15, 0.2) is 6.20 Å². The molecule has 0 aliphatic heterocycles. The van der Waals surface area contributed by atoms with Gasteiger partial charge < -0.3 is 5.32 Å².